The first-order chi connectivity index (χ1) is 44.0. The van der Waals surface area contributed by atoms with Crippen LogP contribution in [-0.4, -0.2) is 89.3 Å². The number of unbranched alkanes of at least 4 members (excludes halogenated alkanes) is 12. The molecule has 8 bridgehead atoms. The number of benzene rings is 4. The van der Waals surface area contributed by atoms with Crippen LogP contribution in [0.15, 0.2) is 85.0 Å². The molecular weight excluding hydrogens is 1150 g/mol. The van der Waals surface area contributed by atoms with Crippen molar-refractivity contribution in [2.24, 2.45) is 0 Å². The van der Waals surface area contributed by atoms with Gasteiger partial charge in [-0.3, -0.25) is 9.59 Å². The van der Waals surface area contributed by atoms with E-state index in [2.05, 4.69) is 96.0 Å². The summed E-state index contributed by atoms with van der Waals surface area (Å²) in [5, 5.41) is 0. The van der Waals surface area contributed by atoms with E-state index >= 15 is 0 Å². The first-order valence-electron chi connectivity index (χ1n) is 33.9. The number of rotatable bonds is 42. The van der Waals surface area contributed by atoms with Gasteiger partial charge >= 0.3 is 29.8 Å². The van der Waals surface area contributed by atoms with Gasteiger partial charge < -0.3 is 42.6 Å². The van der Waals surface area contributed by atoms with E-state index in [4.69, 9.17) is 42.6 Å². The predicted molar refractivity (Wildman–Crippen MR) is 360 cm³/mol. The summed E-state index contributed by atoms with van der Waals surface area (Å²) in [6, 6.07) is 18.1. The van der Waals surface area contributed by atoms with Gasteiger partial charge in [0.05, 0.1) is 6.61 Å². The van der Waals surface area contributed by atoms with E-state index in [1.54, 1.807) is 27.7 Å². The van der Waals surface area contributed by atoms with Gasteiger partial charge in [-0.25, -0.2) is 14.4 Å². The minimum atomic E-state index is -0.711. The summed E-state index contributed by atoms with van der Waals surface area (Å²) >= 11 is 0. The molecule has 0 aromatic heterocycles. The molecule has 4 aromatic carbocycles. The summed E-state index contributed by atoms with van der Waals surface area (Å²) in [6.45, 7) is 27.0. The number of fused-ring (bicyclic) bond motifs is 8. The quantitative estimate of drug-likeness (QED) is 0.0119. The van der Waals surface area contributed by atoms with Crippen LogP contribution in [0.25, 0.3) is 0 Å². The number of carbonyl (C=O) groups excluding carboxylic acids is 5. The standard InChI is InChI=1S/C77H106O14/c1-12-17-21-25-29-57-41-61-49-63-43-58(30-26-22-18-13-2)45-65(72(63)86-35-38-89-75(80)54(6)7)51-67-47-60(32-28-24-20-15-4)48-68(74(67)88-37-40-91-77(82)56(10)11)52-66-46-59(31-27-23-19-14-3)44-64(73(66)87-36-39-90-76(81)55(8)9)50-62(42-57)71(61)85-34-33-84-70(79)53-69(78)83-16-5/h41-48H,6,8,10,12-40,49-53H2,1-5,7,9,11H3. The minimum absolute atomic E-state index is 0.00851. The molecule has 0 fully saturated rings. The molecule has 14 heteroatoms. The SMILES string of the molecule is C=C(C)C(=O)OCCOc1c2cc(CCCCCC)cc1Cc1cc(CCCCCC)cc(c1OCCOC(=O)C(=C)C)Cc1cc(CCCCCC)cc(c1OCCOC(=O)C(=C)C)Cc1cc(CCCCCC)cc(c1OCCOC(=O)CC(=O)OCC)C2. The minimum Gasteiger partial charge on any atom is -0.489 e. The van der Waals surface area contributed by atoms with Crippen molar-refractivity contribution >= 4 is 29.8 Å². The van der Waals surface area contributed by atoms with E-state index in [0.717, 1.165) is 195 Å². The molecule has 0 N–H and O–H groups in total. The van der Waals surface area contributed by atoms with Gasteiger partial charge in [0.25, 0.3) is 0 Å². The maximum Gasteiger partial charge on any atom is 0.333 e. The zero-order valence-corrected chi connectivity index (χ0v) is 56.5. The fourth-order valence-electron chi connectivity index (χ4n) is 11.4. The first-order valence-corrected chi connectivity index (χ1v) is 33.9. The number of ether oxygens (including phenoxy) is 9. The number of hydrogen-bond donors (Lipinski definition) is 0. The summed E-state index contributed by atoms with van der Waals surface area (Å²) < 4.78 is 55.7. The van der Waals surface area contributed by atoms with Crippen LogP contribution in [0.2, 0.25) is 0 Å². The molecule has 1 aliphatic carbocycles. The first kappa shape index (κ1) is 74.4. The van der Waals surface area contributed by atoms with Crippen molar-refractivity contribution in [2.45, 2.75) is 216 Å². The molecule has 0 saturated carbocycles. The fraction of sp³-hybridized carbons (Fsp3) is 0.545. The summed E-state index contributed by atoms with van der Waals surface area (Å²) in [6.07, 6.45) is 21.4. The van der Waals surface area contributed by atoms with Gasteiger partial charge in [0.2, 0.25) is 0 Å². The molecule has 0 heterocycles. The second-order valence-electron chi connectivity index (χ2n) is 24.3. The molecule has 0 spiro atoms. The summed E-state index contributed by atoms with van der Waals surface area (Å²) in [4.78, 5) is 63.9. The van der Waals surface area contributed by atoms with Crippen molar-refractivity contribution in [1.82, 2.24) is 0 Å². The zero-order valence-electron chi connectivity index (χ0n) is 56.5. The Morgan fingerprint density at radius 1 is 0.319 bits per heavy atom. The van der Waals surface area contributed by atoms with Gasteiger partial charge in [-0.15, -0.1) is 0 Å². The molecule has 5 rings (SSSR count). The third-order valence-electron chi connectivity index (χ3n) is 15.9. The van der Waals surface area contributed by atoms with Gasteiger partial charge in [0.1, 0.15) is 82.3 Å². The van der Waals surface area contributed by atoms with Gasteiger partial charge in [0, 0.05) is 42.4 Å². The van der Waals surface area contributed by atoms with Crippen LogP contribution in [0.1, 0.15) is 231 Å². The molecule has 1 aliphatic rings. The highest BCUT2D eigenvalue weighted by Crippen LogP contribution is 2.42. The van der Waals surface area contributed by atoms with E-state index in [1.165, 1.54) is 0 Å². The number of aryl methyl sites for hydroxylation is 4. The molecule has 0 unspecified atom stereocenters. The van der Waals surface area contributed by atoms with Crippen LogP contribution in [0.4, 0.5) is 0 Å². The molecule has 0 atom stereocenters. The maximum atomic E-state index is 13.0. The second-order valence-corrected chi connectivity index (χ2v) is 24.3. The molecule has 498 valence electrons. The normalized spacial score (nSPS) is 11.7. The average molecular weight is 1260 g/mol. The topological polar surface area (TPSA) is 168 Å². The maximum absolute atomic E-state index is 13.0. The van der Waals surface area contributed by atoms with Crippen molar-refractivity contribution in [3.8, 4) is 23.0 Å². The van der Waals surface area contributed by atoms with E-state index in [9.17, 15) is 24.0 Å². The average Bonchev–Trinajstić information content (AvgIpc) is 0.822. The Kier molecular flexibility index (Phi) is 33.7. The monoisotopic (exact) mass is 1250 g/mol. The van der Waals surface area contributed by atoms with Crippen LogP contribution in [0, 0.1) is 0 Å². The lowest BCUT2D eigenvalue weighted by atomic mass is 9.87. The van der Waals surface area contributed by atoms with Crippen LogP contribution in [-0.2, 0) is 99.0 Å². The smallest absolute Gasteiger partial charge is 0.333 e. The van der Waals surface area contributed by atoms with Crippen LogP contribution in [0.3, 0.4) is 0 Å². The van der Waals surface area contributed by atoms with Crippen molar-refractivity contribution in [2.75, 3.05) is 59.5 Å². The van der Waals surface area contributed by atoms with Crippen molar-refractivity contribution < 1.29 is 66.6 Å². The lowest BCUT2D eigenvalue weighted by molar-refractivity contribution is -0.154. The lowest BCUT2D eigenvalue weighted by Gasteiger charge is -2.25. The Morgan fingerprint density at radius 2 is 0.549 bits per heavy atom. The van der Waals surface area contributed by atoms with Gasteiger partial charge in [-0.05, 0) is 146 Å². The third kappa shape index (κ3) is 26.1. The molecular formula is C77H106O14. The molecule has 0 saturated heterocycles. The second kappa shape index (κ2) is 41.2. The summed E-state index contributed by atoms with van der Waals surface area (Å²) in [5.74, 6) is -0.276. The highest BCUT2D eigenvalue weighted by molar-refractivity contribution is 5.91. The van der Waals surface area contributed by atoms with Gasteiger partial charge in [-0.2, -0.15) is 0 Å². The van der Waals surface area contributed by atoms with Crippen LogP contribution < -0.4 is 18.9 Å². The van der Waals surface area contributed by atoms with Crippen LogP contribution >= 0.6 is 0 Å². The molecule has 4 aromatic rings. The van der Waals surface area contributed by atoms with Crippen molar-refractivity contribution in [3.63, 3.8) is 0 Å². The van der Waals surface area contributed by atoms with Crippen molar-refractivity contribution in [3.05, 3.63) is 152 Å². The van der Waals surface area contributed by atoms with Crippen molar-refractivity contribution in [1.29, 1.82) is 0 Å². The number of hydrogen-bond acceptors (Lipinski definition) is 14. The Morgan fingerprint density at radius 3 is 0.769 bits per heavy atom. The molecule has 0 amide bonds. The van der Waals surface area contributed by atoms with E-state index in [-0.39, 0.29) is 70.6 Å². The van der Waals surface area contributed by atoms with E-state index in [0.29, 0.717) is 54.3 Å². The third-order valence-corrected chi connectivity index (χ3v) is 15.9. The molecule has 0 radical (unpaired) electrons. The Hall–Kier alpha value is -7.35. The number of esters is 5. The highest BCUT2D eigenvalue weighted by atomic mass is 16.6. The molecule has 91 heavy (non-hydrogen) atoms. The molecule has 14 nitrogen and oxygen atoms in total. The largest absolute Gasteiger partial charge is 0.489 e. The van der Waals surface area contributed by atoms with E-state index in [1.807, 2.05) is 0 Å². The Labute approximate surface area is 544 Å². The van der Waals surface area contributed by atoms with Gasteiger partial charge in [-0.1, -0.05) is 173 Å². The fourth-order valence-corrected chi connectivity index (χ4v) is 11.4. The van der Waals surface area contributed by atoms with E-state index < -0.39 is 36.3 Å². The Balaban J connectivity index is 1.93. The Bertz CT molecular complexity index is 2890. The summed E-state index contributed by atoms with van der Waals surface area (Å²) in [7, 11) is 0. The summed E-state index contributed by atoms with van der Waals surface area (Å²) in [5.41, 5.74) is 12.8. The zero-order chi connectivity index (χ0) is 65.9. The van der Waals surface area contributed by atoms with Crippen LogP contribution in [0.5, 0.6) is 23.0 Å². The predicted octanol–water partition coefficient (Wildman–Crippen LogP) is 16.2. The number of carbonyl (C=O) groups is 5. The highest BCUT2D eigenvalue weighted by Gasteiger charge is 2.26. The molecule has 0 aliphatic heterocycles. The van der Waals surface area contributed by atoms with Gasteiger partial charge in [0.15, 0.2) is 0 Å². The lowest BCUT2D eigenvalue weighted by Crippen LogP contribution is -2.18.